The van der Waals surface area contributed by atoms with E-state index in [0.717, 1.165) is 22.8 Å². The molecule has 2 heterocycles. The Morgan fingerprint density at radius 1 is 1.14 bits per heavy atom. The summed E-state index contributed by atoms with van der Waals surface area (Å²) in [6.07, 6.45) is 2.43. The monoisotopic (exact) mass is 589 g/mol. The van der Waals surface area contributed by atoms with Gasteiger partial charge in [0.05, 0.1) is 19.8 Å². The third-order valence-electron chi connectivity index (χ3n) is 7.30. The molecule has 3 aromatic carbocycles. The third kappa shape index (κ3) is 6.06. The minimum Gasteiger partial charge on any atom is -0.494 e. The molecule has 0 bridgehead atoms. The van der Waals surface area contributed by atoms with Crippen molar-refractivity contribution in [1.29, 1.82) is 0 Å². The summed E-state index contributed by atoms with van der Waals surface area (Å²) >= 11 is 4.65. The number of ether oxygens (including phenoxy) is 2. The molecule has 42 heavy (non-hydrogen) atoms. The number of nitrogens with zero attached hydrogens (tertiary/aromatic N) is 2. The van der Waals surface area contributed by atoms with Crippen molar-refractivity contribution in [3.8, 4) is 5.75 Å². The number of nitrogen functional groups attached to an aromatic ring is 1. The van der Waals surface area contributed by atoms with Crippen molar-refractivity contribution >= 4 is 52.6 Å². The molecule has 4 aromatic rings. The normalized spacial score (nSPS) is 15.3. The number of aromatic nitrogens is 1. The minimum absolute atomic E-state index is 0.165. The van der Waals surface area contributed by atoms with Gasteiger partial charge in [0.15, 0.2) is 0 Å². The summed E-state index contributed by atoms with van der Waals surface area (Å²) in [6.45, 7) is 2.70. The molecule has 5 rings (SSSR count). The molecule has 2 atom stereocenters. The fourth-order valence-corrected chi connectivity index (χ4v) is 5.61. The molecular formula is C31H32FN5O4S. The van der Waals surface area contributed by atoms with Crippen LogP contribution in [0.2, 0.25) is 0 Å². The summed E-state index contributed by atoms with van der Waals surface area (Å²) in [4.78, 5) is 32.8. The first-order valence-electron chi connectivity index (χ1n) is 13.6. The molecule has 1 aromatic heterocycles. The first-order chi connectivity index (χ1) is 20.3. The van der Waals surface area contributed by atoms with Gasteiger partial charge in [-0.2, -0.15) is 0 Å². The topological polar surface area (TPSA) is 119 Å². The highest BCUT2D eigenvalue weighted by molar-refractivity contribution is 7.80. The number of carbonyl (C=O) groups is 2. The number of pyridine rings is 1. The van der Waals surface area contributed by atoms with Gasteiger partial charge in [0.2, 0.25) is 5.91 Å². The van der Waals surface area contributed by atoms with Gasteiger partial charge in [-0.05, 0) is 91.4 Å². The summed E-state index contributed by atoms with van der Waals surface area (Å²) in [6, 6.07) is 15.6. The van der Waals surface area contributed by atoms with Crippen LogP contribution < -0.4 is 21.1 Å². The average molecular weight is 590 g/mol. The van der Waals surface area contributed by atoms with Crippen LogP contribution in [-0.2, 0) is 9.53 Å². The molecule has 1 aliphatic rings. The van der Waals surface area contributed by atoms with Crippen LogP contribution in [0, 0.1) is 5.82 Å². The van der Waals surface area contributed by atoms with E-state index in [0.29, 0.717) is 47.4 Å². The van der Waals surface area contributed by atoms with Gasteiger partial charge in [-0.25, -0.2) is 14.2 Å². The molecule has 1 saturated heterocycles. The standard InChI is InChI=1S/C31H32FN5O4S/c1-3-41-21-8-10-25(32)23(17-21)28(35-19-6-9-22-18(15-19)12-13-34-29(22)33)30(38)37-14-4-5-26(37)24-16-20(7-11-27(24)42)36-31(39)40-2/h6-13,15-17,26,28,35,42H,3-5,14H2,1-2H3,(H2,33,34)(H,36,39)/t26-,28-/m1/s1. The summed E-state index contributed by atoms with van der Waals surface area (Å²) in [5.74, 6) is 0.0171. The lowest BCUT2D eigenvalue weighted by atomic mass is 10.00. The van der Waals surface area contributed by atoms with Crippen molar-refractivity contribution in [3.63, 3.8) is 0 Å². The lowest BCUT2D eigenvalue weighted by Gasteiger charge is -2.31. The Labute approximate surface area is 248 Å². The molecule has 1 fully saturated rings. The highest BCUT2D eigenvalue weighted by Gasteiger charge is 2.37. The highest BCUT2D eigenvalue weighted by atomic mass is 32.1. The van der Waals surface area contributed by atoms with Gasteiger partial charge in [0.1, 0.15) is 23.4 Å². The van der Waals surface area contributed by atoms with E-state index >= 15 is 4.39 Å². The molecular weight excluding hydrogens is 557 g/mol. The molecule has 9 nitrogen and oxygen atoms in total. The van der Waals surface area contributed by atoms with Crippen LogP contribution in [-0.4, -0.2) is 42.1 Å². The third-order valence-corrected chi connectivity index (χ3v) is 7.70. The van der Waals surface area contributed by atoms with Crippen LogP contribution in [0.3, 0.4) is 0 Å². The lowest BCUT2D eigenvalue weighted by molar-refractivity contribution is -0.133. The van der Waals surface area contributed by atoms with Gasteiger partial charge >= 0.3 is 6.09 Å². The number of halogens is 1. The number of fused-ring (bicyclic) bond motifs is 1. The van der Waals surface area contributed by atoms with Crippen LogP contribution in [0.1, 0.15) is 43.0 Å². The number of carbonyl (C=O) groups excluding carboxylic acids is 2. The van der Waals surface area contributed by atoms with Gasteiger partial charge in [0.25, 0.3) is 0 Å². The average Bonchev–Trinajstić information content (AvgIpc) is 3.47. The summed E-state index contributed by atoms with van der Waals surface area (Å²) in [5, 5.41) is 7.55. The number of amides is 2. The maximum absolute atomic E-state index is 15.5. The molecule has 1 aliphatic heterocycles. The Balaban J connectivity index is 1.53. The second-order valence-electron chi connectivity index (χ2n) is 9.91. The molecule has 0 radical (unpaired) electrons. The van der Waals surface area contributed by atoms with Gasteiger partial charge in [-0.15, -0.1) is 12.6 Å². The van der Waals surface area contributed by atoms with Crippen LogP contribution in [0.25, 0.3) is 10.8 Å². The van der Waals surface area contributed by atoms with E-state index in [-0.39, 0.29) is 17.5 Å². The van der Waals surface area contributed by atoms with Crippen molar-refractivity contribution < 1.29 is 23.5 Å². The predicted octanol–water partition coefficient (Wildman–Crippen LogP) is 6.34. The number of benzene rings is 3. The van der Waals surface area contributed by atoms with Gasteiger partial charge in [-0.1, -0.05) is 0 Å². The second-order valence-corrected chi connectivity index (χ2v) is 10.4. The van der Waals surface area contributed by atoms with Crippen molar-refractivity contribution in [2.24, 2.45) is 0 Å². The number of nitrogens with two attached hydrogens (primary N) is 1. The number of likely N-dealkylation sites (tertiary alicyclic amines) is 1. The molecule has 218 valence electrons. The number of methoxy groups -OCH3 is 1. The van der Waals surface area contributed by atoms with Crippen molar-refractivity contribution in [3.05, 3.63) is 83.8 Å². The maximum Gasteiger partial charge on any atom is 0.411 e. The molecule has 0 spiro atoms. The van der Waals surface area contributed by atoms with E-state index in [2.05, 4.69) is 28.2 Å². The molecule has 0 aliphatic carbocycles. The van der Waals surface area contributed by atoms with Crippen molar-refractivity contribution in [1.82, 2.24) is 9.88 Å². The van der Waals surface area contributed by atoms with Crippen LogP contribution in [0.5, 0.6) is 5.75 Å². The molecule has 4 N–H and O–H groups in total. The van der Waals surface area contributed by atoms with E-state index in [4.69, 9.17) is 15.2 Å². The van der Waals surface area contributed by atoms with E-state index < -0.39 is 18.0 Å². The number of thiol groups is 1. The number of rotatable bonds is 8. The van der Waals surface area contributed by atoms with Crippen LogP contribution in [0.4, 0.5) is 26.4 Å². The number of hydrogen-bond donors (Lipinski definition) is 4. The van der Waals surface area contributed by atoms with Crippen molar-refractivity contribution in [2.45, 2.75) is 36.7 Å². The van der Waals surface area contributed by atoms with Gasteiger partial charge < -0.3 is 25.4 Å². The van der Waals surface area contributed by atoms with E-state index in [1.807, 2.05) is 25.1 Å². The quantitative estimate of drug-likeness (QED) is 0.177. The molecule has 0 saturated carbocycles. The Morgan fingerprint density at radius 3 is 2.74 bits per heavy atom. The Kier molecular flexibility index (Phi) is 8.67. The Morgan fingerprint density at radius 2 is 1.95 bits per heavy atom. The summed E-state index contributed by atoms with van der Waals surface area (Å²) in [7, 11) is 1.29. The fourth-order valence-electron chi connectivity index (χ4n) is 5.32. The summed E-state index contributed by atoms with van der Waals surface area (Å²) < 4.78 is 25.8. The van der Waals surface area contributed by atoms with E-state index in [9.17, 15) is 9.59 Å². The summed E-state index contributed by atoms with van der Waals surface area (Å²) in [5.41, 5.74) is 8.10. The van der Waals surface area contributed by atoms with Crippen LogP contribution in [0.15, 0.2) is 71.8 Å². The Bertz CT molecular complexity index is 1630. The Hall–Kier alpha value is -4.51. The largest absolute Gasteiger partial charge is 0.494 e. The SMILES string of the molecule is CCOc1ccc(F)c([C@@H](Nc2ccc3c(N)nccc3c2)C(=O)N2CCC[C@@H]2c2cc(NC(=O)OC)ccc2S)c1. The molecule has 11 heteroatoms. The zero-order chi connectivity index (χ0) is 29.8. The molecule has 0 unspecified atom stereocenters. The zero-order valence-corrected chi connectivity index (χ0v) is 24.2. The van der Waals surface area contributed by atoms with Gasteiger partial charge in [0, 0.05) is 40.0 Å². The first kappa shape index (κ1) is 29.0. The molecule has 2 amide bonds. The van der Waals surface area contributed by atoms with Crippen LogP contribution >= 0.6 is 12.6 Å². The van der Waals surface area contributed by atoms with E-state index in [1.54, 1.807) is 47.5 Å². The maximum atomic E-state index is 15.5. The predicted molar refractivity (Wildman–Crippen MR) is 163 cm³/mol. The smallest absolute Gasteiger partial charge is 0.411 e. The number of nitrogens with one attached hydrogen (secondary N) is 2. The number of anilines is 3. The highest BCUT2D eigenvalue weighted by Crippen LogP contribution is 2.39. The van der Waals surface area contributed by atoms with Gasteiger partial charge in [-0.3, -0.25) is 10.1 Å². The minimum atomic E-state index is -1.07. The first-order valence-corrected chi connectivity index (χ1v) is 14.0. The second kappa shape index (κ2) is 12.6. The zero-order valence-electron chi connectivity index (χ0n) is 23.3. The lowest BCUT2D eigenvalue weighted by Crippen LogP contribution is -2.38. The van der Waals surface area contributed by atoms with Crippen molar-refractivity contribution in [2.75, 3.05) is 36.6 Å². The number of hydrogen-bond acceptors (Lipinski definition) is 8. The van der Waals surface area contributed by atoms with E-state index in [1.165, 1.54) is 13.2 Å². The fraction of sp³-hybridized carbons (Fsp3) is 0.258.